The van der Waals surface area contributed by atoms with E-state index in [2.05, 4.69) is 17.3 Å². The Labute approximate surface area is 166 Å². The maximum absolute atomic E-state index is 13.4. The Morgan fingerprint density at radius 3 is 2.29 bits per heavy atom. The van der Waals surface area contributed by atoms with Gasteiger partial charge in [0.1, 0.15) is 0 Å². The van der Waals surface area contributed by atoms with Gasteiger partial charge < -0.3 is 15.1 Å². The van der Waals surface area contributed by atoms with Crippen LogP contribution >= 0.6 is 0 Å². The predicted octanol–water partition coefficient (Wildman–Crippen LogP) is 3.25. The van der Waals surface area contributed by atoms with Crippen LogP contribution < -0.4 is 5.32 Å². The second-order valence-electron chi connectivity index (χ2n) is 7.92. The van der Waals surface area contributed by atoms with Gasteiger partial charge >= 0.3 is 0 Å². The number of likely N-dealkylation sites (tertiary alicyclic amines) is 2. The van der Waals surface area contributed by atoms with Gasteiger partial charge in [-0.3, -0.25) is 9.59 Å². The number of carbonyl (C=O) groups is 2. The number of para-hydroxylation sites is 1. The van der Waals surface area contributed by atoms with Crippen LogP contribution in [0.3, 0.4) is 0 Å². The highest BCUT2D eigenvalue weighted by molar-refractivity contribution is 5.97. The average Bonchev–Trinajstić information content (AvgIpc) is 2.93. The first kappa shape index (κ1) is 18.7. The third-order valence-corrected chi connectivity index (χ3v) is 6.37. The molecule has 0 aromatic heterocycles. The van der Waals surface area contributed by atoms with E-state index in [0.29, 0.717) is 25.1 Å². The Balaban J connectivity index is 1.55. The molecule has 2 heterocycles. The minimum atomic E-state index is -0.448. The molecule has 2 aromatic carbocycles. The zero-order valence-electron chi connectivity index (χ0n) is 16.3. The highest BCUT2D eigenvalue weighted by Crippen LogP contribution is 2.44. The number of nitrogens with one attached hydrogen (secondary N) is 1. The number of hydrogen-bond acceptors (Lipinski definition) is 3. The molecule has 0 aliphatic carbocycles. The van der Waals surface area contributed by atoms with Gasteiger partial charge in [-0.15, -0.1) is 0 Å². The minimum Gasteiger partial charge on any atom is -0.339 e. The second-order valence-corrected chi connectivity index (χ2v) is 7.92. The highest BCUT2D eigenvalue weighted by Gasteiger charge is 2.52. The van der Waals surface area contributed by atoms with Gasteiger partial charge in [0.25, 0.3) is 5.91 Å². The van der Waals surface area contributed by atoms with E-state index >= 15 is 0 Å². The first-order valence-corrected chi connectivity index (χ1v) is 10.0. The van der Waals surface area contributed by atoms with Crippen molar-refractivity contribution in [2.24, 2.45) is 5.41 Å². The Morgan fingerprint density at radius 1 is 0.929 bits per heavy atom. The van der Waals surface area contributed by atoms with Gasteiger partial charge in [-0.25, -0.2) is 0 Å². The van der Waals surface area contributed by atoms with Crippen molar-refractivity contribution in [1.29, 1.82) is 0 Å². The van der Waals surface area contributed by atoms with Gasteiger partial charge in [-0.2, -0.15) is 0 Å². The topological polar surface area (TPSA) is 52.7 Å². The van der Waals surface area contributed by atoms with Crippen LogP contribution in [-0.4, -0.2) is 54.3 Å². The van der Waals surface area contributed by atoms with E-state index in [1.165, 1.54) is 0 Å². The van der Waals surface area contributed by atoms with Crippen molar-refractivity contribution in [2.75, 3.05) is 32.0 Å². The van der Waals surface area contributed by atoms with Crippen molar-refractivity contribution >= 4 is 17.5 Å². The van der Waals surface area contributed by atoms with Crippen molar-refractivity contribution in [2.45, 2.75) is 25.3 Å². The van der Waals surface area contributed by atoms with Gasteiger partial charge in [-0.1, -0.05) is 36.4 Å². The number of anilines is 1. The van der Waals surface area contributed by atoms with E-state index in [4.69, 9.17) is 0 Å². The summed E-state index contributed by atoms with van der Waals surface area (Å²) in [5.74, 6) is 0.143. The van der Waals surface area contributed by atoms with Crippen LogP contribution in [0.1, 0.15) is 29.6 Å². The normalized spacial score (nSPS) is 25.0. The second kappa shape index (κ2) is 7.76. The van der Waals surface area contributed by atoms with Crippen molar-refractivity contribution in [3.63, 3.8) is 0 Å². The average molecular weight is 377 g/mol. The lowest BCUT2D eigenvalue weighted by molar-refractivity contribution is -0.127. The van der Waals surface area contributed by atoms with E-state index < -0.39 is 5.41 Å². The molecule has 146 valence electrons. The molecule has 4 rings (SSSR count). The Bertz CT molecular complexity index is 839. The molecule has 2 amide bonds. The maximum Gasteiger partial charge on any atom is 0.253 e. The van der Waals surface area contributed by atoms with Gasteiger partial charge in [0.15, 0.2) is 0 Å². The SMILES string of the molecule is CN1CC[C@]2(C(=O)Nc3ccccc3)CCN(C(=O)c3ccccc3)CC[C@H]12. The maximum atomic E-state index is 13.4. The third-order valence-electron chi connectivity index (χ3n) is 6.37. The summed E-state index contributed by atoms with van der Waals surface area (Å²) < 4.78 is 0. The summed E-state index contributed by atoms with van der Waals surface area (Å²) in [5.41, 5.74) is 1.10. The monoisotopic (exact) mass is 377 g/mol. The number of carbonyl (C=O) groups excluding carboxylic acids is 2. The zero-order chi connectivity index (χ0) is 19.6. The summed E-state index contributed by atoms with van der Waals surface area (Å²) in [6, 6.07) is 19.2. The molecular weight excluding hydrogens is 350 g/mol. The van der Waals surface area contributed by atoms with Crippen LogP contribution in [0.25, 0.3) is 0 Å². The van der Waals surface area contributed by atoms with E-state index in [9.17, 15) is 9.59 Å². The summed E-state index contributed by atoms with van der Waals surface area (Å²) in [6.07, 6.45) is 2.34. The molecule has 0 saturated carbocycles. The van der Waals surface area contributed by atoms with Crippen molar-refractivity contribution in [3.8, 4) is 0 Å². The predicted molar refractivity (Wildman–Crippen MR) is 110 cm³/mol. The molecule has 0 radical (unpaired) electrons. The van der Waals surface area contributed by atoms with Crippen molar-refractivity contribution in [1.82, 2.24) is 9.80 Å². The molecular formula is C23H27N3O2. The lowest BCUT2D eigenvalue weighted by atomic mass is 9.75. The largest absolute Gasteiger partial charge is 0.339 e. The molecule has 1 N–H and O–H groups in total. The third kappa shape index (κ3) is 3.42. The summed E-state index contributed by atoms with van der Waals surface area (Å²) in [7, 11) is 2.09. The number of amides is 2. The number of nitrogens with zero attached hydrogens (tertiary/aromatic N) is 2. The Hall–Kier alpha value is -2.66. The molecule has 2 atom stereocenters. The molecule has 2 aliphatic heterocycles. The van der Waals surface area contributed by atoms with E-state index in [-0.39, 0.29) is 17.9 Å². The standard InChI is InChI=1S/C23H27N3O2/c1-25-16-13-23(22(28)24-19-10-6-3-7-11-19)14-17-26(15-12-20(23)25)21(27)18-8-4-2-5-9-18/h2-11,20H,12-17H2,1H3,(H,24,28)/t20-,23-/m0/s1. The first-order chi connectivity index (χ1) is 13.6. The van der Waals surface area contributed by atoms with Crippen LogP contribution in [-0.2, 0) is 4.79 Å². The summed E-state index contributed by atoms with van der Waals surface area (Å²) in [5, 5.41) is 3.13. The fraction of sp³-hybridized carbons (Fsp3) is 0.391. The molecule has 5 nitrogen and oxygen atoms in total. The zero-order valence-corrected chi connectivity index (χ0v) is 16.3. The number of benzene rings is 2. The van der Waals surface area contributed by atoms with E-state index in [1.807, 2.05) is 65.6 Å². The molecule has 2 fully saturated rings. The van der Waals surface area contributed by atoms with Gasteiger partial charge in [0, 0.05) is 30.4 Å². The summed E-state index contributed by atoms with van der Waals surface area (Å²) in [6.45, 7) is 2.21. The van der Waals surface area contributed by atoms with Crippen LogP contribution in [0, 0.1) is 5.41 Å². The van der Waals surface area contributed by atoms with Crippen molar-refractivity contribution in [3.05, 3.63) is 66.2 Å². The quantitative estimate of drug-likeness (QED) is 0.893. The minimum absolute atomic E-state index is 0.0573. The van der Waals surface area contributed by atoms with Gasteiger partial charge in [-0.05, 0) is 57.1 Å². The molecule has 0 unspecified atom stereocenters. The van der Waals surface area contributed by atoms with E-state index in [1.54, 1.807) is 0 Å². The molecule has 0 spiro atoms. The number of rotatable bonds is 3. The molecule has 5 heteroatoms. The van der Waals surface area contributed by atoms with Crippen LogP contribution in [0.5, 0.6) is 0 Å². The Kier molecular flexibility index (Phi) is 5.18. The van der Waals surface area contributed by atoms with Crippen LogP contribution in [0.15, 0.2) is 60.7 Å². The number of hydrogen-bond donors (Lipinski definition) is 1. The van der Waals surface area contributed by atoms with Gasteiger partial charge in [0.2, 0.25) is 5.91 Å². The summed E-state index contributed by atoms with van der Waals surface area (Å²) in [4.78, 5) is 30.5. The fourth-order valence-electron chi connectivity index (χ4n) is 4.75. The van der Waals surface area contributed by atoms with E-state index in [0.717, 1.165) is 25.1 Å². The van der Waals surface area contributed by atoms with Crippen LogP contribution in [0.4, 0.5) is 5.69 Å². The molecule has 2 saturated heterocycles. The highest BCUT2D eigenvalue weighted by atomic mass is 16.2. The molecule has 2 aliphatic rings. The Morgan fingerprint density at radius 2 is 1.57 bits per heavy atom. The smallest absolute Gasteiger partial charge is 0.253 e. The summed E-state index contributed by atoms with van der Waals surface area (Å²) >= 11 is 0. The van der Waals surface area contributed by atoms with Crippen LogP contribution in [0.2, 0.25) is 0 Å². The first-order valence-electron chi connectivity index (χ1n) is 10.0. The molecule has 0 bridgehead atoms. The van der Waals surface area contributed by atoms with Crippen molar-refractivity contribution < 1.29 is 9.59 Å². The lowest BCUT2D eigenvalue weighted by Crippen LogP contribution is -2.46. The number of fused-ring (bicyclic) bond motifs is 1. The molecule has 2 aromatic rings. The lowest BCUT2D eigenvalue weighted by Gasteiger charge is -2.34. The van der Waals surface area contributed by atoms with Gasteiger partial charge in [0.05, 0.1) is 5.41 Å². The fourth-order valence-corrected chi connectivity index (χ4v) is 4.75. The molecule has 28 heavy (non-hydrogen) atoms.